The van der Waals surface area contributed by atoms with Crippen molar-refractivity contribution in [3.63, 3.8) is 0 Å². The number of nitrogens with zero attached hydrogens (tertiary/aromatic N) is 2. The van der Waals surface area contributed by atoms with Gasteiger partial charge in [0.1, 0.15) is 23.7 Å². The number of hydrogen-bond donors (Lipinski definition) is 3. The van der Waals surface area contributed by atoms with Crippen molar-refractivity contribution in [1.29, 1.82) is 0 Å². The van der Waals surface area contributed by atoms with E-state index in [0.29, 0.717) is 16.3 Å². The molecule has 0 radical (unpaired) electrons. The van der Waals surface area contributed by atoms with Crippen molar-refractivity contribution in [1.82, 2.24) is 9.13 Å². The molecule has 34 heavy (non-hydrogen) atoms. The van der Waals surface area contributed by atoms with E-state index in [2.05, 4.69) is 5.32 Å². The number of anilines is 2. The molecule has 0 saturated carbocycles. The molecule has 2 aromatic carbocycles. The second kappa shape index (κ2) is 10.6. The first kappa shape index (κ1) is 24.5. The van der Waals surface area contributed by atoms with E-state index in [4.69, 9.17) is 10.5 Å². The maximum atomic E-state index is 13.0. The molecule has 1 aromatic heterocycles. The number of ketones is 1. The van der Waals surface area contributed by atoms with Crippen molar-refractivity contribution < 1.29 is 19.2 Å². The molecule has 0 spiro atoms. The minimum Gasteiger partial charge on any atom is -0.497 e. The lowest BCUT2D eigenvalue weighted by molar-refractivity contribution is -0.861. The summed E-state index contributed by atoms with van der Waals surface area (Å²) in [6.45, 7) is -0.0626. The van der Waals surface area contributed by atoms with Gasteiger partial charge in [0.15, 0.2) is 6.54 Å². The number of carbonyl (C=O) groups excluding carboxylic acids is 2. The highest BCUT2D eigenvalue weighted by molar-refractivity contribution is 6.00. The molecule has 0 aliphatic rings. The fourth-order valence-electron chi connectivity index (χ4n) is 3.57. The van der Waals surface area contributed by atoms with Crippen LogP contribution in [0.1, 0.15) is 15.9 Å². The summed E-state index contributed by atoms with van der Waals surface area (Å²) in [5.41, 5.74) is 5.87. The zero-order valence-corrected chi connectivity index (χ0v) is 19.3. The third-order valence-corrected chi connectivity index (χ3v) is 5.32. The molecule has 10 heteroatoms. The normalized spacial score (nSPS) is 11.6. The quantitative estimate of drug-likeness (QED) is 0.366. The first-order chi connectivity index (χ1) is 16.2. The summed E-state index contributed by atoms with van der Waals surface area (Å²) in [7, 11) is 4.49. The molecule has 3 aromatic rings. The maximum Gasteiger partial charge on any atom is 0.332 e. The Morgan fingerprint density at radius 2 is 1.76 bits per heavy atom. The molecule has 0 saturated heterocycles. The molecule has 1 atom stereocenters. The summed E-state index contributed by atoms with van der Waals surface area (Å²) in [5.74, 6) is -0.443. The Morgan fingerprint density at radius 3 is 2.44 bits per heavy atom. The zero-order valence-electron chi connectivity index (χ0n) is 19.3. The van der Waals surface area contributed by atoms with Crippen LogP contribution in [-0.2, 0) is 18.4 Å². The van der Waals surface area contributed by atoms with Crippen LogP contribution in [0.3, 0.4) is 0 Å². The summed E-state index contributed by atoms with van der Waals surface area (Å²) < 4.78 is 7.21. The van der Waals surface area contributed by atoms with E-state index in [9.17, 15) is 19.2 Å². The largest absolute Gasteiger partial charge is 0.497 e. The highest BCUT2D eigenvalue weighted by Gasteiger charge is 2.25. The van der Waals surface area contributed by atoms with Crippen LogP contribution in [-0.4, -0.2) is 48.1 Å². The van der Waals surface area contributed by atoms with Crippen LogP contribution in [0.2, 0.25) is 0 Å². The monoisotopic (exact) mass is 466 g/mol. The standard InChI is InChI=1S/C24H27N5O5/c1-27(15-20(31)26-17-10-7-11-18(12-17)34-3)14-19(30)21-22(25)29(24(33)28(2)23(21)32)13-16-8-5-4-6-9-16/h4-12H,13-15,25H2,1-3H3,(H,26,31)/p+1. The lowest BCUT2D eigenvalue weighted by Gasteiger charge is -2.17. The van der Waals surface area contributed by atoms with Gasteiger partial charge in [-0.25, -0.2) is 4.79 Å². The molecule has 4 N–H and O–H groups in total. The van der Waals surface area contributed by atoms with Gasteiger partial charge in [-0.2, -0.15) is 0 Å². The van der Waals surface area contributed by atoms with Gasteiger partial charge in [-0.1, -0.05) is 36.4 Å². The average Bonchev–Trinajstić information content (AvgIpc) is 2.81. The minimum atomic E-state index is -0.759. The summed E-state index contributed by atoms with van der Waals surface area (Å²) in [4.78, 5) is 51.3. The predicted octanol–water partition coefficient (Wildman–Crippen LogP) is -0.478. The Bertz CT molecular complexity index is 1310. The Kier molecular flexibility index (Phi) is 7.64. The number of benzene rings is 2. The molecule has 0 fully saturated rings. The molecular formula is C24H28N5O5+. The topological polar surface area (TPSA) is 130 Å². The van der Waals surface area contributed by atoms with Crippen LogP contribution in [0.5, 0.6) is 5.75 Å². The Labute approximate surface area is 196 Å². The van der Waals surface area contributed by atoms with E-state index in [1.54, 1.807) is 31.3 Å². The number of aromatic nitrogens is 2. The number of carbonyl (C=O) groups is 2. The molecule has 1 unspecified atom stereocenters. The van der Waals surface area contributed by atoms with Crippen LogP contribution in [0.4, 0.5) is 11.5 Å². The highest BCUT2D eigenvalue weighted by Crippen LogP contribution is 2.16. The molecule has 0 aliphatic heterocycles. The van der Waals surface area contributed by atoms with Gasteiger partial charge < -0.3 is 20.7 Å². The van der Waals surface area contributed by atoms with Crippen molar-refractivity contribution in [2.45, 2.75) is 6.54 Å². The van der Waals surface area contributed by atoms with Crippen LogP contribution < -0.4 is 31.9 Å². The third kappa shape index (κ3) is 5.59. The fraction of sp³-hybridized carbons (Fsp3) is 0.250. The van der Waals surface area contributed by atoms with Gasteiger partial charge in [0.2, 0.25) is 5.78 Å². The number of amides is 1. The number of nitrogens with one attached hydrogen (secondary N) is 2. The van der Waals surface area contributed by atoms with Gasteiger partial charge >= 0.3 is 5.69 Å². The number of rotatable bonds is 9. The van der Waals surface area contributed by atoms with Crippen LogP contribution in [0, 0.1) is 0 Å². The van der Waals surface area contributed by atoms with E-state index < -0.39 is 17.0 Å². The van der Waals surface area contributed by atoms with Gasteiger partial charge in [-0.05, 0) is 17.7 Å². The SMILES string of the molecule is COc1cccc(NC(=O)C[NH+](C)CC(=O)c2c(N)n(Cc3ccccc3)c(=O)n(C)c2=O)c1. The predicted molar refractivity (Wildman–Crippen MR) is 128 cm³/mol. The fourth-order valence-corrected chi connectivity index (χ4v) is 3.57. The van der Waals surface area contributed by atoms with Gasteiger partial charge in [0.05, 0.1) is 20.7 Å². The number of nitrogens with two attached hydrogens (primary N) is 1. The average molecular weight is 467 g/mol. The number of ether oxygens (including phenoxy) is 1. The summed E-state index contributed by atoms with van der Waals surface area (Å²) >= 11 is 0. The van der Waals surface area contributed by atoms with Crippen LogP contribution >= 0.6 is 0 Å². The first-order valence-corrected chi connectivity index (χ1v) is 10.6. The zero-order chi connectivity index (χ0) is 24.8. The van der Waals surface area contributed by atoms with Crippen molar-refractivity contribution in [2.24, 2.45) is 7.05 Å². The lowest BCUT2D eigenvalue weighted by Crippen LogP contribution is -3.11. The van der Waals surface area contributed by atoms with Crippen LogP contribution in [0.15, 0.2) is 64.2 Å². The van der Waals surface area contributed by atoms with Gasteiger partial charge in [0.25, 0.3) is 11.5 Å². The van der Waals surface area contributed by atoms with Crippen molar-refractivity contribution >= 4 is 23.2 Å². The Hall–Kier alpha value is -4.18. The van der Waals surface area contributed by atoms with Gasteiger partial charge in [0, 0.05) is 18.8 Å². The van der Waals surface area contributed by atoms with Crippen molar-refractivity contribution in [2.75, 3.05) is 38.3 Å². The van der Waals surface area contributed by atoms with Gasteiger partial charge in [-0.15, -0.1) is 0 Å². The maximum absolute atomic E-state index is 13.0. The Morgan fingerprint density at radius 1 is 1.06 bits per heavy atom. The van der Waals surface area contributed by atoms with Crippen molar-refractivity contribution in [3.8, 4) is 5.75 Å². The summed E-state index contributed by atoms with van der Waals surface area (Å²) in [6.07, 6.45) is 0. The number of quaternary nitrogens is 1. The molecule has 178 valence electrons. The number of nitrogen functional groups attached to an aromatic ring is 1. The van der Waals surface area contributed by atoms with Crippen molar-refractivity contribution in [3.05, 3.63) is 86.6 Å². The van der Waals surface area contributed by atoms with E-state index in [1.807, 2.05) is 30.3 Å². The molecule has 1 heterocycles. The number of Topliss-reactive ketones (excluding diaryl/α,β-unsaturated/α-hetero) is 1. The smallest absolute Gasteiger partial charge is 0.332 e. The molecule has 0 bridgehead atoms. The number of likely N-dealkylation sites (N-methyl/N-ethyl adjacent to an activating group) is 1. The summed E-state index contributed by atoms with van der Waals surface area (Å²) in [5, 5.41) is 2.75. The van der Waals surface area contributed by atoms with Crippen LogP contribution in [0.25, 0.3) is 0 Å². The molecule has 10 nitrogen and oxygen atoms in total. The summed E-state index contributed by atoms with van der Waals surface area (Å²) in [6, 6.07) is 16.0. The molecule has 3 rings (SSSR count). The molecular weight excluding hydrogens is 438 g/mol. The second-order valence-corrected chi connectivity index (χ2v) is 7.99. The molecule has 1 amide bonds. The second-order valence-electron chi connectivity index (χ2n) is 7.99. The Balaban J connectivity index is 1.76. The van der Waals surface area contributed by atoms with E-state index in [0.717, 1.165) is 10.1 Å². The molecule has 0 aliphatic carbocycles. The van der Waals surface area contributed by atoms with E-state index >= 15 is 0 Å². The van der Waals surface area contributed by atoms with E-state index in [1.165, 1.54) is 18.7 Å². The minimum absolute atomic E-state index is 0.0210. The van der Waals surface area contributed by atoms with E-state index in [-0.39, 0.29) is 36.9 Å². The number of hydrogen-bond acceptors (Lipinski definition) is 6. The van der Waals surface area contributed by atoms with Gasteiger partial charge in [-0.3, -0.25) is 23.5 Å². The highest BCUT2D eigenvalue weighted by atomic mass is 16.5. The lowest BCUT2D eigenvalue weighted by atomic mass is 10.1. The third-order valence-electron chi connectivity index (χ3n) is 5.32. The number of methoxy groups -OCH3 is 1. The first-order valence-electron chi connectivity index (χ1n) is 10.6.